The summed E-state index contributed by atoms with van der Waals surface area (Å²) in [5, 5.41) is 2.87. The maximum absolute atomic E-state index is 12.4. The van der Waals surface area contributed by atoms with E-state index >= 15 is 0 Å². The molecule has 1 heterocycles. The van der Waals surface area contributed by atoms with Crippen LogP contribution in [0.3, 0.4) is 0 Å². The van der Waals surface area contributed by atoms with Gasteiger partial charge in [0.2, 0.25) is 0 Å². The Bertz CT molecular complexity index is 938. The van der Waals surface area contributed by atoms with Gasteiger partial charge in [0, 0.05) is 17.7 Å². The van der Waals surface area contributed by atoms with Crippen molar-refractivity contribution in [2.75, 3.05) is 20.8 Å². The molecule has 1 aliphatic heterocycles. The van der Waals surface area contributed by atoms with Crippen LogP contribution in [0.2, 0.25) is 0 Å². The van der Waals surface area contributed by atoms with Crippen LogP contribution in [0.4, 0.5) is 0 Å². The highest BCUT2D eigenvalue weighted by molar-refractivity contribution is 6.15. The minimum absolute atomic E-state index is 0.157. The molecule has 0 saturated heterocycles. The van der Waals surface area contributed by atoms with Crippen LogP contribution in [0.15, 0.2) is 58.5 Å². The van der Waals surface area contributed by atoms with E-state index in [1.807, 2.05) is 38.1 Å². The molecule has 6 heteroatoms. The number of hydrogen-bond acceptors (Lipinski definition) is 4. The molecule has 2 aliphatic rings. The highest BCUT2D eigenvalue weighted by Gasteiger charge is 2.32. The summed E-state index contributed by atoms with van der Waals surface area (Å²) in [6.07, 6.45) is 5.79. The van der Waals surface area contributed by atoms with E-state index in [4.69, 9.17) is 9.47 Å². The molecule has 3 rings (SSSR count). The number of hydrogen-bond donors (Lipinski definition) is 1. The van der Waals surface area contributed by atoms with Gasteiger partial charge >= 0.3 is 0 Å². The molecule has 146 valence electrons. The second-order valence-electron chi connectivity index (χ2n) is 6.78. The Morgan fingerprint density at radius 3 is 2.61 bits per heavy atom. The van der Waals surface area contributed by atoms with E-state index in [1.54, 1.807) is 26.4 Å². The van der Waals surface area contributed by atoms with E-state index in [1.165, 1.54) is 0 Å². The van der Waals surface area contributed by atoms with Gasteiger partial charge in [-0.15, -0.1) is 0 Å². The van der Waals surface area contributed by atoms with Crippen LogP contribution >= 0.6 is 0 Å². The summed E-state index contributed by atoms with van der Waals surface area (Å²) in [6.45, 7) is 4.33. The average molecular weight is 380 g/mol. The first-order chi connectivity index (χ1) is 13.4. The number of nitrogens with zero attached hydrogens (tertiary/aromatic N) is 1. The Kier molecular flexibility index (Phi) is 5.78. The molecule has 1 atom stereocenters. The topological polar surface area (TPSA) is 77.0 Å². The zero-order valence-corrected chi connectivity index (χ0v) is 16.5. The summed E-state index contributed by atoms with van der Waals surface area (Å²) in [5.74, 6) is 0.525. The van der Waals surface area contributed by atoms with E-state index in [-0.39, 0.29) is 17.7 Å². The summed E-state index contributed by atoms with van der Waals surface area (Å²) >= 11 is 0. The third kappa shape index (κ3) is 3.91. The SMILES string of the molecule is COC1=CC=C(OC)C2C=C(CCNC(=O)c3ccc(C)c(C)c3)C(=O)N=C12. The quantitative estimate of drug-likeness (QED) is 0.823. The zero-order valence-electron chi connectivity index (χ0n) is 16.5. The van der Waals surface area contributed by atoms with Crippen LogP contribution in [0.1, 0.15) is 27.9 Å². The van der Waals surface area contributed by atoms with Crippen LogP contribution in [0.5, 0.6) is 0 Å². The molecule has 0 saturated carbocycles. The average Bonchev–Trinajstić information content (AvgIpc) is 2.69. The van der Waals surface area contributed by atoms with Crippen LogP contribution in [0.25, 0.3) is 0 Å². The molecule has 1 aromatic carbocycles. The molecule has 1 aliphatic carbocycles. The Hall–Kier alpha value is -3.15. The number of methoxy groups -OCH3 is 2. The third-order valence-corrected chi connectivity index (χ3v) is 5.02. The number of fused-ring (bicyclic) bond motifs is 1. The molecule has 2 amide bonds. The smallest absolute Gasteiger partial charge is 0.273 e. The fraction of sp³-hybridized carbons (Fsp3) is 0.318. The number of dihydropyridines is 1. The fourth-order valence-corrected chi connectivity index (χ4v) is 3.23. The third-order valence-electron chi connectivity index (χ3n) is 5.02. The van der Waals surface area contributed by atoms with Gasteiger partial charge in [0.05, 0.1) is 20.1 Å². The van der Waals surface area contributed by atoms with Gasteiger partial charge in [0.15, 0.2) is 0 Å². The second-order valence-corrected chi connectivity index (χ2v) is 6.78. The van der Waals surface area contributed by atoms with Crippen LogP contribution in [-0.4, -0.2) is 38.3 Å². The number of aliphatic imine (C=N–C) groups is 1. The van der Waals surface area contributed by atoms with E-state index in [0.717, 1.165) is 11.1 Å². The van der Waals surface area contributed by atoms with Crippen molar-refractivity contribution >= 4 is 17.5 Å². The van der Waals surface area contributed by atoms with Crippen molar-refractivity contribution in [3.8, 4) is 0 Å². The number of amides is 2. The van der Waals surface area contributed by atoms with Gasteiger partial charge in [-0.3, -0.25) is 9.59 Å². The van der Waals surface area contributed by atoms with Crippen molar-refractivity contribution in [3.63, 3.8) is 0 Å². The van der Waals surface area contributed by atoms with Crippen molar-refractivity contribution in [1.82, 2.24) is 5.32 Å². The first kappa shape index (κ1) is 19.6. The highest BCUT2D eigenvalue weighted by atomic mass is 16.5. The molecule has 6 nitrogen and oxygen atoms in total. The minimum atomic E-state index is -0.313. The number of allylic oxidation sites excluding steroid dienone is 4. The summed E-state index contributed by atoms with van der Waals surface area (Å²) < 4.78 is 10.7. The number of benzene rings is 1. The summed E-state index contributed by atoms with van der Waals surface area (Å²) in [4.78, 5) is 29.0. The Labute approximate surface area is 164 Å². The second kappa shape index (κ2) is 8.25. The molecular weight excluding hydrogens is 356 g/mol. The lowest BCUT2D eigenvalue weighted by Gasteiger charge is -2.26. The van der Waals surface area contributed by atoms with Gasteiger partial charge in [-0.2, -0.15) is 0 Å². The predicted octanol–water partition coefficient (Wildman–Crippen LogP) is 3.02. The van der Waals surface area contributed by atoms with Gasteiger partial charge in [-0.05, 0) is 55.7 Å². The lowest BCUT2D eigenvalue weighted by molar-refractivity contribution is -0.114. The molecule has 1 N–H and O–H groups in total. The maximum Gasteiger partial charge on any atom is 0.273 e. The summed E-state index contributed by atoms with van der Waals surface area (Å²) in [7, 11) is 3.13. The highest BCUT2D eigenvalue weighted by Crippen LogP contribution is 2.30. The van der Waals surface area contributed by atoms with E-state index in [2.05, 4.69) is 10.3 Å². The van der Waals surface area contributed by atoms with Gasteiger partial charge in [0.1, 0.15) is 17.2 Å². The molecule has 0 aromatic heterocycles. The van der Waals surface area contributed by atoms with Crippen LogP contribution in [0, 0.1) is 19.8 Å². The Balaban J connectivity index is 1.67. The minimum Gasteiger partial charge on any atom is -0.500 e. The number of nitrogens with one attached hydrogen (secondary N) is 1. The first-order valence-corrected chi connectivity index (χ1v) is 9.14. The zero-order chi connectivity index (χ0) is 20.3. The van der Waals surface area contributed by atoms with Crippen molar-refractivity contribution in [3.05, 3.63) is 70.2 Å². The molecular formula is C22H24N2O4. The molecule has 1 aromatic rings. The molecule has 0 spiro atoms. The molecule has 0 bridgehead atoms. The Morgan fingerprint density at radius 1 is 1.14 bits per heavy atom. The number of carbonyl (C=O) groups excluding carboxylic acids is 2. The summed E-state index contributed by atoms with van der Waals surface area (Å²) in [5.41, 5.74) is 3.92. The normalized spacial score (nSPS) is 18.3. The van der Waals surface area contributed by atoms with Crippen molar-refractivity contribution < 1.29 is 19.1 Å². The first-order valence-electron chi connectivity index (χ1n) is 9.14. The molecule has 1 unspecified atom stereocenters. The molecule has 0 radical (unpaired) electrons. The van der Waals surface area contributed by atoms with Crippen molar-refractivity contribution in [1.29, 1.82) is 0 Å². The Morgan fingerprint density at radius 2 is 1.93 bits per heavy atom. The van der Waals surface area contributed by atoms with E-state index in [0.29, 0.717) is 41.3 Å². The number of ether oxygens (including phenoxy) is 2. The molecule has 0 fully saturated rings. The summed E-state index contributed by atoms with van der Waals surface area (Å²) in [6, 6.07) is 5.59. The van der Waals surface area contributed by atoms with E-state index < -0.39 is 0 Å². The number of rotatable bonds is 6. The van der Waals surface area contributed by atoms with Gasteiger partial charge in [-0.1, -0.05) is 12.1 Å². The van der Waals surface area contributed by atoms with Gasteiger partial charge in [-0.25, -0.2) is 4.99 Å². The lowest BCUT2D eigenvalue weighted by atomic mass is 9.89. The van der Waals surface area contributed by atoms with Crippen LogP contribution in [-0.2, 0) is 14.3 Å². The number of carbonyl (C=O) groups is 2. The lowest BCUT2D eigenvalue weighted by Crippen LogP contribution is -2.30. The predicted molar refractivity (Wildman–Crippen MR) is 107 cm³/mol. The standard InChI is InChI=1S/C22H24N2O4/c1-13-5-6-15(11-14(13)2)21(25)23-10-9-16-12-17-18(27-3)7-8-19(28-4)20(17)24-22(16)26/h5-8,11-12,17H,9-10H2,1-4H3,(H,23,25). The van der Waals surface area contributed by atoms with Crippen molar-refractivity contribution in [2.45, 2.75) is 20.3 Å². The maximum atomic E-state index is 12.4. The fourth-order valence-electron chi connectivity index (χ4n) is 3.23. The van der Waals surface area contributed by atoms with E-state index in [9.17, 15) is 9.59 Å². The monoisotopic (exact) mass is 380 g/mol. The largest absolute Gasteiger partial charge is 0.500 e. The molecule has 28 heavy (non-hydrogen) atoms. The van der Waals surface area contributed by atoms with Crippen molar-refractivity contribution in [2.24, 2.45) is 10.9 Å². The van der Waals surface area contributed by atoms with Crippen LogP contribution < -0.4 is 5.32 Å². The van der Waals surface area contributed by atoms with Gasteiger partial charge in [0.25, 0.3) is 11.8 Å². The number of aryl methyl sites for hydroxylation is 2. The van der Waals surface area contributed by atoms with Gasteiger partial charge < -0.3 is 14.8 Å².